The molecule has 0 N–H and O–H groups in total. The van der Waals surface area contributed by atoms with Crippen LogP contribution in [0.4, 0.5) is 0 Å². The van der Waals surface area contributed by atoms with Gasteiger partial charge in [0.25, 0.3) is 0 Å². The summed E-state index contributed by atoms with van der Waals surface area (Å²) in [5, 5.41) is 10.1. The molecule has 0 unspecified atom stereocenters. The van der Waals surface area contributed by atoms with Gasteiger partial charge in [0.15, 0.2) is 0 Å². The van der Waals surface area contributed by atoms with Gasteiger partial charge in [0.1, 0.15) is 12.4 Å². The van der Waals surface area contributed by atoms with E-state index in [9.17, 15) is 9.90 Å². The van der Waals surface area contributed by atoms with Crippen LogP contribution < -0.4 is 61.2 Å². The van der Waals surface area contributed by atoms with Crippen molar-refractivity contribution in [2.45, 2.75) is 13.8 Å². The standard InChI is InChI=1S/C10H12O3.K/c1-7-4-3-5-9(8(7)2)13-6-10(11)12;/h3-5H,6H2,1-2H3,(H,11,12);/q;+1/p-1. The maximum atomic E-state index is 10.1. The average molecular weight is 218 g/mol. The minimum atomic E-state index is -1.21. The number of hydrogen-bond donors (Lipinski definition) is 0. The van der Waals surface area contributed by atoms with Crippen LogP contribution in [0.2, 0.25) is 0 Å². The van der Waals surface area contributed by atoms with Crippen LogP contribution in [0.25, 0.3) is 0 Å². The largest absolute Gasteiger partial charge is 1.00 e. The predicted octanol–water partition coefficient (Wildman–Crippen LogP) is -2.56. The quantitative estimate of drug-likeness (QED) is 0.524. The van der Waals surface area contributed by atoms with Crippen molar-refractivity contribution in [3.05, 3.63) is 29.3 Å². The smallest absolute Gasteiger partial charge is 0.546 e. The number of carbonyl (C=O) groups excluding carboxylic acids is 1. The molecule has 0 amide bonds. The average Bonchev–Trinajstić information content (AvgIpc) is 2.07. The van der Waals surface area contributed by atoms with Crippen molar-refractivity contribution >= 4 is 5.97 Å². The SMILES string of the molecule is Cc1cccc(OCC(=O)[O-])c1C.[K+]. The third kappa shape index (κ3) is 4.10. The molecule has 70 valence electrons. The number of ether oxygens (including phenoxy) is 1. The van der Waals surface area contributed by atoms with Gasteiger partial charge in [-0.2, -0.15) is 0 Å². The van der Waals surface area contributed by atoms with E-state index in [1.54, 1.807) is 6.07 Å². The number of hydrogen-bond acceptors (Lipinski definition) is 3. The first kappa shape index (κ1) is 14.1. The van der Waals surface area contributed by atoms with E-state index >= 15 is 0 Å². The van der Waals surface area contributed by atoms with E-state index in [4.69, 9.17) is 4.74 Å². The summed E-state index contributed by atoms with van der Waals surface area (Å²) in [4.78, 5) is 10.1. The Morgan fingerprint density at radius 2 is 2.07 bits per heavy atom. The first-order valence-corrected chi connectivity index (χ1v) is 4.00. The maximum absolute atomic E-state index is 10.1. The Kier molecular flexibility index (Phi) is 6.64. The van der Waals surface area contributed by atoms with Crippen LogP contribution in [0.1, 0.15) is 11.1 Å². The summed E-state index contributed by atoms with van der Waals surface area (Å²) in [5.41, 5.74) is 2.04. The Morgan fingerprint density at radius 3 is 2.64 bits per heavy atom. The van der Waals surface area contributed by atoms with Gasteiger partial charge in [0.05, 0.1) is 5.97 Å². The van der Waals surface area contributed by atoms with Gasteiger partial charge in [0, 0.05) is 0 Å². The number of aryl methyl sites for hydroxylation is 1. The molecule has 1 aromatic carbocycles. The molecule has 0 atom stereocenters. The summed E-state index contributed by atoms with van der Waals surface area (Å²) in [5.74, 6) is -0.606. The second-order valence-electron chi connectivity index (χ2n) is 2.86. The second kappa shape index (κ2) is 6.58. The minimum Gasteiger partial charge on any atom is -0.546 e. The van der Waals surface area contributed by atoms with Gasteiger partial charge >= 0.3 is 51.4 Å². The molecule has 0 aliphatic carbocycles. The van der Waals surface area contributed by atoms with E-state index < -0.39 is 12.6 Å². The molecular weight excluding hydrogens is 207 g/mol. The first-order chi connectivity index (χ1) is 6.11. The summed E-state index contributed by atoms with van der Waals surface area (Å²) in [6.07, 6.45) is 0. The van der Waals surface area contributed by atoms with Gasteiger partial charge in [-0.25, -0.2) is 0 Å². The van der Waals surface area contributed by atoms with Crippen LogP contribution in [0.5, 0.6) is 5.75 Å². The molecular formula is C10H11KO3. The van der Waals surface area contributed by atoms with Crippen molar-refractivity contribution < 1.29 is 66.0 Å². The third-order valence-corrected chi connectivity index (χ3v) is 1.90. The summed E-state index contributed by atoms with van der Waals surface area (Å²) >= 11 is 0. The molecule has 0 saturated heterocycles. The fourth-order valence-corrected chi connectivity index (χ4v) is 1.02. The van der Waals surface area contributed by atoms with E-state index in [1.165, 1.54) is 0 Å². The van der Waals surface area contributed by atoms with E-state index in [0.29, 0.717) is 5.75 Å². The van der Waals surface area contributed by atoms with Crippen molar-refractivity contribution in [3.8, 4) is 5.75 Å². The van der Waals surface area contributed by atoms with Crippen LogP contribution in [0.15, 0.2) is 18.2 Å². The zero-order valence-electron chi connectivity index (χ0n) is 8.66. The molecule has 0 aromatic heterocycles. The fourth-order valence-electron chi connectivity index (χ4n) is 1.02. The zero-order valence-corrected chi connectivity index (χ0v) is 11.8. The molecule has 0 bridgehead atoms. The molecule has 3 nitrogen and oxygen atoms in total. The summed E-state index contributed by atoms with van der Waals surface area (Å²) in [6.45, 7) is 3.44. The number of aliphatic carboxylic acids is 1. The van der Waals surface area contributed by atoms with E-state index in [2.05, 4.69) is 0 Å². The maximum Gasteiger partial charge on any atom is 1.00 e. The molecule has 0 aliphatic rings. The van der Waals surface area contributed by atoms with Crippen LogP contribution in [0.3, 0.4) is 0 Å². The van der Waals surface area contributed by atoms with Crippen LogP contribution in [-0.2, 0) is 4.79 Å². The summed E-state index contributed by atoms with van der Waals surface area (Å²) in [7, 11) is 0. The molecule has 14 heavy (non-hydrogen) atoms. The number of benzene rings is 1. The Morgan fingerprint density at radius 1 is 1.43 bits per heavy atom. The molecule has 1 rings (SSSR count). The van der Waals surface area contributed by atoms with Crippen molar-refractivity contribution in [1.29, 1.82) is 0 Å². The fraction of sp³-hybridized carbons (Fsp3) is 0.300. The Bertz CT molecular complexity index is 323. The van der Waals surface area contributed by atoms with Gasteiger partial charge in [0.2, 0.25) is 0 Å². The topological polar surface area (TPSA) is 49.4 Å². The molecule has 0 spiro atoms. The van der Waals surface area contributed by atoms with Crippen molar-refractivity contribution in [2.24, 2.45) is 0 Å². The normalized spacial score (nSPS) is 9.00. The van der Waals surface area contributed by atoms with Crippen molar-refractivity contribution in [2.75, 3.05) is 6.61 Å². The predicted molar refractivity (Wildman–Crippen MR) is 46.4 cm³/mol. The van der Waals surface area contributed by atoms with Crippen molar-refractivity contribution in [1.82, 2.24) is 0 Å². The Balaban J connectivity index is 0.00000169. The molecule has 0 heterocycles. The second-order valence-corrected chi connectivity index (χ2v) is 2.86. The van der Waals surface area contributed by atoms with Gasteiger partial charge in [-0.3, -0.25) is 0 Å². The number of carboxylic acids is 1. The first-order valence-electron chi connectivity index (χ1n) is 4.00. The summed E-state index contributed by atoms with van der Waals surface area (Å²) in [6, 6.07) is 5.51. The molecule has 4 heteroatoms. The van der Waals surface area contributed by atoms with Crippen LogP contribution in [-0.4, -0.2) is 12.6 Å². The Hall–Kier alpha value is 0.126. The van der Waals surface area contributed by atoms with Gasteiger partial charge < -0.3 is 14.6 Å². The number of carboxylic acid groups (broad SMARTS) is 1. The van der Waals surface area contributed by atoms with Crippen LogP contribution in [0, 0.1) is 13.8 Å². The molecule has 0 saturated carbocycles. The number of rotatable bonds is 3. The monoisotopic (exact) mass is 218 g/mol. The van der Waals surface area contributed by atoms with Gasteiger partial charge in [-0.1, -0.05) is 12.1 Å². The van der Waals surface area contributed by atoms with Gasteiger partial charge in [-0.05, 0) is 31.0 Å². The summed E-state index contributed by atoms with van der Waals surface area (Å²) < 4.78 is 5.02. The third-order valence-electron chi connectivity index (χ3n) is 1.90. The molecule has 1 aromatic rings. The van der Waals surface area contributed by atoms with E-state index in [-0.39, 0.29) is 51.4 Å². The van der Waals surface area contributed by atoms with Crippen molar-refractivity contribution in [3.63, 3.8) is 0 Å². The molecule has 0 radical (unpaired) electrons. The molecule has 0 aliphatic heterocycles. The van der Waals surface area contributed by atoms with Gasteiger partial charge in [-0.15, -0.1) is 0 Å². The zero-order chi connectivity index (χ0) is 9.84. The molecule has 0 fully saturated rings. The van der Waals surface area contributed by atoms with Crippen LogP contribution >= 0.6 is 0 Å². The van der Waals surface area contributed by atoms with E-state index in [1.807, 2.05) is 26.0 Å². The Labute approximate surface area is 126 Å². The minimum absolute atomic E-state index is 0. The number of carbonyl (C=O) groups is 1. The van der Waals surface area contributed by atoms with E-state index in [0.717, 1.165) is 11.1 Å².